The molecule has 1 fully saturated rings. The van der Waals surface area contributed by atoms with Crippen LogP contribution < -0.4 is 0 Å². The molecule has 1 aromatic carbocycles. The second-order valence-corrected chi connectivity index (χ2v) is 4.46. The topological polar surface area (TPSA) is 17.1 Å². The van der Waals surface area contributed by atoms with Crippen molar-refractivity contribution < 1.29 is 13.6 Å². The maximum absolute atomic E-state index is 13.1. The van der Waals surface area contributed by atoms with Crippen LogP contribution in [-0.4, -0.2) is 6.29 Å². The van der Waals surface area contributed by atoms with Crippen molar-refractivity contribution in [1.29, 1.82) is 0 Å². The highest BCUT2D eigenvalue weighted by molar-refractivity contribution is 5.68. The van der Waals surface area contributed by atoms with Gasteiger partial charge in [0.15, 0.2) is 11.6 Å². The first-order chi connectivity index (χ1) is 7.68. The van der Waals surface area contributed by atoms with Crippen molar-refractivity contribution in [2.24, 2.45) is 0 Å². The Morgan fingerprint density at radius 2 is 1.75 bits per heavy atom. The van der Waals surface area contributed by atoms with Gasteiger partial charge in [-0.1, -0.05) is 25.3 Å². The van der Waals surface area contributed by atoms with Crippen LogP contribution in [-0.2, 0) is 10.2 Å². The maximum Gasteiger partial charge on any atom is 0.159 e. The number of carbonyl (C=O) groups is 1. The molecular weight excluding hydrogens is 210 g/mol. The van der Waals surface area contributed by atoms with Crippen LogP contribution in [0.4, 0.5) is 8.78 Å². The molecule has 1 aliphatic carbocycles. The summed E-state index contributed by atoms with van der Waals surface area (Å²) in [5.41, 5.74) is 0.0216. The molecule has 0 atom stereocenters. The van der Waals surface area contributed by atoms with E-state index in [2.05, 4.69) is 0 Å². The Hall–Kier alpha value is -1.25. The molecule has 86 valence electrons. The van der Waals surface area contributed by atoms with Crippen LogP contribution in [0.25, 0.3) is 0 Å². The van der Waals surface area contributed by atoms with Crippen molar-refractivity contribution >= 4 is 6.29 Å². The summed E-state index contributed by atoms with van der Waals surface area (Å²) in [6.45, 7) is 0. The Kier molecular flexibility index (Phi) is 3.03. The molecule has 0 spiro atoms. The normalized spacial score (nSPS) is 19.4. The molecule has 0 heterocycles. The molecule has 1 nitrogen and oxygen atoms in total. The van der Waals surface area contributed by atoms with E-state index in [9.17, 15) is 13.6 Å². The van der Waals surface area contributed by atoms with Crippen LogP contribution in [0.3, 0.4) is 0 Å². The van der Waals surface area contributed by atoms with Gasteiger partial charge in [0.1, 0.15) is 6.29 Å². The highest BCUT2D eigenvalue weighted by Gasteiger charge is 2.34. The van der Waals surface area contributed by atoms with Gasteiger partial charge in [-0.15, -0.1) is 0 Å². The first-order valence-corrected chi connectivity index (χ1v) is 5.60. The Labute approximate surface area is 93.5 Å². The molecule has 0 aliphatic heterocycles. The maximum atomic E-state index is 13.1. The third kappa shape index (κ3) is 1.86. The minimum atomic E-state index is -0.871. The zero-order chi connectivity index (χ0) is 11.6. The second-order valence-electron chi connectivity index (χ2n) is 4.46. The highest BCUT2D eigenvalue weighted by Crippen LogP contribution is 2.38. The summed E-state index contributed by atoms with van der Waals surface area (Å²) in [7, 11) is 0. The predicted octanol–water partition coefficient (Wildman–Crippen LogP) is 3.37. The number of aldehydes is 1. The summed E-state index contributed by atoms with van der Waals surface area (Å²) >= 11 is 0. The lowest BCUT2D eigenvalue weighted by Gasteiger charge is -2.32. The lowest BCUT2D eigenvalue weighted by molar-refractivity contribution is -0.113. The highest BCUT2D eigenvalue weighted by atomic mass is 19.2. The van der Waals surface area contributed by atoms with Crippen LogP contribution in [0.15, 0.2) is 18.2 Å². The molecule has 0 saturated heterocycles. The van der Waals surface area contributed by atoms with E-state index in [1.807, 2.05) is 0 Å². The average Bonchev–Trinajstić information content (AvgIpc) is 2.33. The van der Waals surface area contributed by atoms with Gasteiger partial charge in [0.2, 0.25) is 0 Å². The van der Waals surface area contributed by atoms with Crippen LogP contribution in [0.1, 0.15) is 37.7 Å². The summed E-state index contributed by atoms with van der Waals surface area (Å²) in [5.74, 6) is -1.73. The summed E-state index contributed by atoms with van der Waals surface area (Å²) in [6, 6.07) is 3.79. The quantitative estimate of drug-likeness (QED) is 0.704. The Morgan fingerprint density at radius 1 is 1.06 bits per heavy atom. The number of hydrogen-bond acceptors (Lipinski definition) is 1. The number of carbonyl (C=O) groups excluding carboxylic acids is 1. The van der Waals surface area contributed by atoms with E-state index < -0.39 is 17.0 Å². The van der Waals surface area contributed by atoms with Gasteiger partial charge in [0.05, 0.1) is 5.41 Å². The van der Waals surface area contributed by atoms with Gasteiger partial charge < -0.3 is 4.79 Å². The summed E-state index contributed by atoms with van der Waals surface area (Å²) in [4.78, 5) is 11.3. The molecule has 3 heteroatoms. The van der Waals surface area contributed by atoms with Gasteiger partial charge in [0.25, 0.3) is 0 Å². The third-order valence-corrected chi connectivity index (χ3v) is 3.47. The molecule has 1 saturated carbocycles. The van der Waals surface area contributed by atoms with Crippen LogP contribution >= 0.6 is 0 Å². The number of halogens is 2. The molecule has 0 bridgehead atoms. The second kappa shape index (κ2) is 4.32. The lowest BCUT2D eigenvalue weighted by atomic mass is 9.70. The van der Waals surface area contributed by atoms with E-state index in [0.717, 1.165) is 50.5 Å². The Balaban J connectivity index is 2.39. The third-order valence-electron chi connectivity index (χ3n) is 3.47. The monoisotopic (exact) mass is 224 g/mol. The summed E-state index contributed by atoms with van der Waals surface area (Å²) in [6.07, 6.45) is 5.43. The average molecular weight is 224 g/mol. The predicted molar refractivity (Wildman–Crippen MR) is 57.2 cm³/mol. The first-order valence-electron chi connectivity index (χ1n) is 5.60. The number of rotatable bonds is 2. The molecule has 1 aliphatic rings. The molecule has 0 amide bonds. The van der Waals surface area contributed by atoms with E-state index in [1.54, 1.807) is 0 Å². The SMILES string of the molecule is O=CC1(c2ccc(F)c(F)c2)CCCCC1. The fourth-order valence-electron chi connectivity index (χ4n) is 2.46. The molecule has 0 aromatic heterocycles. The number of benzene rings is 1. The lowest BCUT2D eigenvalue weighted by Crippen LogP contribution is -2.30. The van der Waals surface area contributed by atoms with Crippen molar-refractivity contribution in [3.8, 4) is 0 Å². The van der Waals surface area contributed by atoms with Crippen molar-refractivity contribution in [3.63, 3.8) is 0 Å². The van der Waals surface area contributed by atoms with Crippen LogP contribution in [0, 0.1) is 11.6 Å². The van der Waals surface area contributed by atoms with Crippen molar-refractivity contribution in [2.75, 3.05) is 0 Å². The van der Waals surface area contributed by atoms with Crippen molar-refractivity contribution in [3.05, 3.63) is 35.4 Å². The fourth-order valence-corrected chi connectivity index (χ4v) is 2.46. The largest absolute Gasteiger partial charge is 0.302 e. The van der Waals surface area contributed by atoms with Crippen molar-refractivity contribution in [2.45, 2.75) is 37.5 Å². The van der Waals surface area contributed by atoms with Gasteiger partial charge >= 0.3 is 0 Å². The molecule has 16 heavy (non-hydrogen) atoms. The van der Waals surface area contributed by atoms with Crippen LogP contribution in [0.5, 0.6) is 0 Å². The summed E-state index contributed by atoms with van der Waals surface area (Å²) < 4.78 is 26.0. The minimum Gasteiger partial charge on any atom is -0.302 e. The summed E-state index contributed by atoms with van der Waals surface area (Å²) in [5, 5.41) is 0. The van der Waals surface area contributed by atoms with E-state index >= 15 is 0 Å². The molecule has 1 aromatic rings. The van der Waals surface area contributed by atoms with Crippen molar-refractivity contribution in [1.82, 2.24) is 0 Å². The number of hydrogen-bond donors (Lipinski definition) is 0. The van der Waals surface area contributed by atoms with E-state index in [-0.39, 0.29) is 0 Å². The Bertz CT molecular complexity index is 395. The first kappa shape index (κ1) is 11.2. The van der Waals surface area contributed by atoms with E-state index in [0.29, 0.717) is 5.56 Å². The van der Waals surface area contributed by atoms with Crippen LogP contribution in [0.2, 0.25) is 0 Å². The molecule has 2 rings (SSSR count). The van der Waals surface area contributed by atoms with Gasteiger partial charge in [0, 0.05) is 0 Å². The minimum absolute atomic E-state index is 0.590. The Morgan fingerprint density at radius 3 is 2.31 bits per heavy atom. The molecular formula is C13H14F2O. The van der Waals surface area contributed by atoms with Gasteiger partial charge in [-0.2, -0.15) is 0 Å². The van der Waals surface area contributed by atoms with E-state index in [1.165, 1.54) is 6.07 Å². The molecule has 0 unspecified atom stereocenters. The molecule has 0 N–H and O–H groups in total. The van der Waals surface area contributed by atoms with Gasteiger partial charge in [-0.25, -0.2) is 8.78 Å². The zero-order valence-corrected chi connectivity index (χ0v) is 9.01. The zero-order valence-electron chi connectivity index (χ0n) is 9.01. The van der Waals surface area contributed by atoms with E-state index in [4.69, 9.17) is 0 Å². The standard InChI is InChI=1S/C13H14F2O/c14-11-5-4-10(8-12(11)15)13(9-16)6-2-1-3-7-13/h4-5,8-9H,1-3,6-7H2. The van der Waals surface area contributed by atoms with Gasteiger partial charge in [-0.3, -0.25) is 0 Å². The smallest absolute Gasteiger partial charge is 0.159 e. The fraction of sp³-hybridized carbons (Fsp3) is 0.462. The molecule has 0 radical (unpaired) electrons. The van der Waals surface area contributed by atoms with Gasteiger partial charge in [-0.05, 0) is 30.5 Å².